The molecule has 1 amide bonds. The zero-order chi connectivity index (χ0) is 17.0. The van der Waals surface area contributed by atoms with E-state index in [9.17, 15) is 22.8 Å². The lowest BCUT2D eigenvalue weighted by molar-refractivity contribution is -0.153. The summed E-state index contributed by atoms with van der Waals surface area (Å²) in [7, 11) is 0. The Morgan fingerprint density at radius 2 is 2.13 bits per heavy atom. The lowest BCUT2D eigenvalue weighted by atomic mass is 10.1. The van der Waals surface area contributed by atoms with Gasteiger partial charge < -0.3 is 20.1 Å². The maximum Gasteiger partial charge on any atom is 0.422 e. The molecule has 1 aromatic carbocycles. The average molecular weight is 332 g/mol. The van der Waals surface area contributed by atoms with Crippen LogP contribution in [0.5, 0.6) is 5.75 Å². The van der Waals surface area contributed by atoms with Gasteiger partial charge in [0.2, 0.25) is 0 Å². The van der Waals surface area contributed by atoms with Gasteiger partial charge in [-0.1, -0.05) is 6.07 Å². The van der Waals surface area contributed by atoms with Gasteiger partial charge in [0.1, 0.15) is 11.8 Å². The fourth-order valence-corrected chi connectivity index (χ4v) is 2.17. The number of carbonyl (C=O) groups excluding carboxylic acids is 1. The van der Waals surface area contributed by atoms with Gasteiger partial charge in [0, 0.05) is 25.2 Å². The van der Waals surface area contributed by atoms with Crippen molar-refractivity contribution < 1.29 is 32.6 Å². The minimum absolute atomic E-state index is 0.0121. The lowest BCUT2D eigenvalue weighted by Crippen LogP contribution is -2.55. The van der Waals surface area contributed by atoms with Crippen molar-refractivity contribution in [1.29, 1.82) is 0 Å². The Labute approximate surface area is 129 Å². The number of carboxylic acid groups (broad SMARTS) is 1. The Morgan fingerprint density at radius 1 is 1.39 bits per heavy atom. The monoisotopic (exact) mass is 332 g/mol. The molecule has 1 aliphatic heterocycles. The number of nitrogens with one attached hydrogen (secondary N) is 1. The summed E-state index contributed by atoms with van der Waals surface area (Å²) < 4.78 is 41.0. The highest BCUT2D eigenvalue weighted by molar-refractivity contribution is 5.95. The smallest absolute Gasteiger partial charge is 0.422 e. The molecule has 0 bridgehead atoms. The molecule has 1 aromatic rings. The Bertz CT molecular complexity index is 592. The normalized spacial score (nSPS) is 18.6. The third-order valence-corrected chi connectivity index (χ3v) is 3.24. The number of amides is 1. The van der Waals surface area contributed by atoms with Gasteiger partial charge in [-0.05, 0) is 18.2 Å². The van der Waals surface area contributed by atoms with Crippen molar-refractivity contribution in [3.05, 3.63) is 29.8 Å². The summed E-state index contributed by atoms with van der Waals surface area (Å²) >= 11 is 0. The molecule has 0 aromatic heterocycles. The fraction of sp³-hybridized carbons (Fsp3) is 0.429. The molecule has 0 radical (unpaired) electrons. The lowest BCUT2D eigenvalue weighted by Gasteiger charge is -2.31. The number of alkyl halides is 3. The second-order valence-corrected chi connectivity index (χ2v) is 5.03. The minimum Gasteiger partial charge on any atom is -0.484 e. The molecule has 1 saturated heterocycles. The maximum atomic E-state index is 12.3. The molecular weight excluding hydrogens is 317 g/mol. The van der Waals surface area contributed by atoms with Crippen LogP contribution in [0.4, 0.5) is 13.2 Å². The largest absolute Gasteiger partial charge is 0.484 e. The Morgan fingerprint density at radius 3 is 2.78 bits per heavy atom. The molecule has 0 saturated carbocycles. The summed E-state index contributed by atoms with van der Waals surface area (Å²) in [5.74, 6) is -1.59. The topological polar surface area (TPSA) is 78.9 Å². The summed E-state index contributed by atoms with van der Waals surface area (Å²) in [6, 6.07) is 4.53. The summed E-state index contributed by atoms with van der Waals surface area (Å²) in [6.07, 6.45) is -4.47. The molecule has 6 nitrogen and oxygen atoms in total. The van der Waals surface area contributed by atoms with Crippen LogP contribution in [0.1, 0.15) is 10.4 Å². The quantitative estimate of drug-likeness (QED) is 0.864. The van der Waals surface area contributed by atoms with E-state index < -0.39 is 30.7 Å². The highest BCUT2D eigenvalue weighted by atomic mass is 19.4. The first kappa shape index (κ1) is 17.1. The van der Waals surface area contributed by atoms with Gasteiger partial charge in [-0.25, -0.2) is 0 Å². The van der Waals surface area contributed by atoms with Crippen LogP contribution in [0.15, 0.2) is 24.3 Å². The van der Waals surface area contributed by atoms with E-state index in [1.165, 1.54) is 29.2 Å². The fourth-order valence-electron chi connectivity index (χ4n) is 2.17. The van der Waals surface area contributed by atoms with Gasteiger partial charge in [0.15, 0.2) is 6.61 Å². The Balaban J connectivity index is 2.06. The molecule has 1 heterocycles. The van der Waals surface area contributed by atoms with Crippen LogP contribution in [0.25, 0.3) is 0 Å². The molecule has 1 fully saturated rings. The standard InChI is InChI=1S/C14H15F3N2O4/c15-14(16,17)8-23-10-3-1-2-9(6-10)12(20)19-5-4-18-11(7-19)13(21)22/h1-3,6,11,18H,4-5,7-8H2,(H,21,22)/t11-/m1/s1. The first-order chi connectivity index (χ1) is 10.8. The maximum absolute atomic E-state index is 12.3. The van der Waals surface area contributed by atoms with Crippen molar-refractivity contribution in [3.8, 4) is 5.75 Å². The van der Waals surface area contributed by atoms with Crippen LogP contribution in [0.3, 0.4) is 0 Å². The Kier molecular flexibility index (Phi) is 5.09. The van der Waals surface area contributed by atoms with E-state index >= 15 is 0 Å². The van der Waals surface area contributed by atoms with Crippen molar-refractivity contribution in [2.24, 2.45) is 0 Å². The number of halogens is 3. The summed E-state index contributed by atoms with van der Waals surface area (Å²) in [5, 5.41) is 11.7. The average Bonchev–Trinajstić information content (AvgIpc) is 2.52. The summed E-state index contributed by atoms with van der Waals surface area (Å²) in [4.78, 5) is 24.7. The molecule has 126 valence electrons. The van der Waals surface area contributed by atoms with Crippen LogP contribution >= 0.6 is 0 Å². The van der Waals surface area contributed by atoms with Gasteiger partial charge in [0.05, 0.1) is 0 Å². The van der Waals surface area contributed by atoms with Crippen molar-refractivity contribution >= 4 is 11.9 Å². The molecule has 2 N–H and O–H groups in total. The third kappa shape index (κ3) is 4.85. The first-order valence-corrected chi connectivity index (χ1v) is 6.81. The van der Waals surface area contributed by atoms with Crippen LogP contribution in [-0.2, 0) is 4.79 Å². The predicted octanol–water partition coefficient (Wildman–Crippen LogP) is 1.13. The van der Waals surface area contributed by atoms with Crippen LogP contribution in [-0.4, -0.2) is 60.3 Å². The van der Waals surface area contributed by atoms with Crippen LogP contribution in [0, 0.1) is 0 Å². The van der Waals surface area contributed by atoms with E-state index in [-0.39, 0.29) is 17.9 Å². The summed E-state index contributed by atoms with van der Waals surface area (Å²) in [6.45, 7) is -0.815. The van der Waals surface area contributed by atoms with Crippen molar-refractivity contribution in [2.75, 3.05) is 26.2 Å². The molecule has 1 aliphatic rings. The second kappa shape index (κ2) is 6.86. The number of piperazine rings is 1. The van der Waals surface area contributed by atoms with Gasteiger partial charge in [-0.15, -0.1) is 0 Å². The van der Waals surface area contributed by atoms with E-state index in [0.29, 0.717) is 13.1 Å². The van der Waals surface area contributed by atoms with Crippen LogP contribution in [0.2, 0.25) is 0 Å². The van der Waals surface area contributed by atoms with E-state index in [4.69, 9.17) is 5.11 Å². The molecular formula is C14H15F3N2O4. The van der Waals surface area contributed by atoms with Gasteiger partial charge in [-0.2, -0.15) is 13.2 Å². The number of rotatable bonds is 4. The summed E-state index contributed by atoms with van der Waals surface area (Å²) in [5.41, 5.74) is 0.149. The van der Waals surface area contributed by atoms with E-state index in [1.54, 1.807) is 0 Å². The number of hydrogen-bond acceptors (Lipinski definition) is 4. The number of ether oxygens (including phenoxy) is 1. The number of aliphatic carboxylic acids is 1. The van der Waals surface area contributed by atoms with E-state index in [2.05, 4.69) is 10.1 Å². The van der Waals surface area contributed by atoms with E-state index in [1.807, 2.05) is 0 Å². The molecule has 23 heavy (non-hydrogen) atoms. The second-order valence-electron chi connectivity index (χ2n) is 5.03. The van der Waals surface area contributed by atoms with Crippen molar-refractivity contribution in [1.82, 2.24) is 10.2 Å². The van der Waals surface area contributed by atoms with Crippen molar-refractivity contribution in [3.63, 3.8) is 0 Å². The SMILES string of the molecule is O=C(O)[C@H]1CN(C(=O)c2cccc(OCC(F)(F)F)c2)CCN1. The molecule has 2 rings (SSSR count). The molecule has 0 spiro atoms. The minimum atomic E-state index is -4.47. The number of nitrogens with zero attached hydrogens (tertiary/aromatic N) is 1. The number of hydrogen-bond donors (Lipinski definition) is 2. The van der Waals surface area contributed by atoms with Gasteiger partial charge >= 0.3 is 12.1 Å². The molecule has 0 unspecified atom stereocenters. The highest BCUT2D eigenvalue weighted by Crippen LogP contribution is 2.20. The van der Waals surface area contributed by atoms with Gasteiger partial charge in [-0.3, -0.25) is 9.59 Å². The van der Waals surface area contributed by atoms with E-state index in [0.717, 1.165) is 0 Å². The highest BCUT2D eigenvalue weighted by Gasteiger charge is 2.30. The number of carboxylic acids is 1. The third-order valence-electron chi connectivity index (χ3n) is 3.24. The zero-order valence-electron chi connectivity index (χ0n) is 12.0. The number of carbonyl (C=O) groups is 2. The zero-order valence-corrected chi connectivity index (χ0v) is 12.0. The Hall–Kier alpha value is -2.29. The van der Waals surface area contributed by atoms with Crippen molar-refractivity contribution in [2.45, 2.75) is 12.2 Å². The van der Waals surface area contributed by atoms with Gasteiger partial charge in [0.25, 0.3) is 5.91 Å². The molecule has 9 heteroatoms. The number of benzene rings is 1. The first-order valence-electron chi connectivity index (χ1n) is 6.81. The van der Waals surface area contributed by atoms with Crippen LogP contribution < -0.4 is 10.1 Å². The predicted molar refractivity (Wildman–Crippen MR) is 73.3 cm³/mol. The molecule has 0 aliphatic carbocycles. The molecule has 1 atom stereocenters.